The van der Waals surface area contributed by atoms with Crippen LogP contribution in [0.4, 0.5) is 0 Å². The van der Waals surface area contributed by atoms with E-state index in [0.29, 0.717) is 80.0 Å². The van der Waals surface area contributed by atoms with Gasteiger partial charge in [0.05, 0.1) is 24.3 Å². The van der Waals surface area contributed by atoms with Gasteiger partial charge >= 0.3 is 11.9 Å². The summed E-state index contributed by atoms with van der Waals surface area (Å²) in [4.78, 5) is 26.0. The van der Waals surface area contributed by atoms with E-state index in [1.807, 2.05) is 13.8 Å². The Morgan fingerprint density at radius 2 is 0.870 bits per heavy atom. The van der Waals surface area contributed by atoms with Gasteiger partial charge in [-0.3, -0.25) is 0 Å². The van der Waals surface area contributed by atoms with Crippen LogP contribution in [-0.4, -0.2) is 35.4 Å². The van der Waals surface area contributed by atoms with E-state index in [0.717, 1.165) is 0 Å². The van der Waals surface area contributed by atoms with E-state index < -0.39 is 11.9 Å². The van der Waals surface area contributed by atoms with Crippen LogP contribution in [0.1, 0.15) is 34.6 Å². The van der Waals surface area contributed by atoms with Crippen molar-refractivity contribution in [3.05, 3.63) is 120 Å². The summed E-state index contributed by atoms with van der Waals surface area (Å²) in [6.07, 6.45) is 0. The van der Waals surface area contributed by atoms with Gasteiger partial charge in [-0.15, -0.1) is 0 Å². The van der Waals surface area contributed by atoms with Crippen LogP contribution in [0.3, 0.4) is 0 Å². The van der Waals surface area contributed by atoms with Crippen molar-refractivity contribution in [3.8, 4) is 45.6 Å². The lowest BCUT2D eigenvalue weighted by atomic mass is 9.91. The first kappa shape index (κ1) is 30.0. The molecule has 0 saturated heterocycles. The number of hydrogen-bond donors (Lipinski definition) is 2. The zero-order valence-corrected chi connectivity index (χ0v) is 25.2. The van der Waals surface area contributed by atoms with Gasteiger partial charge < -0.3 is 29.2 Å². The number of esters is 2. The number of phenolic OH excluding ortho intramolecular Hbond substituents is 2. The van der Waals surface area contributed by atoms with Crippen molar-refractivity contribution < 1.29 is 38.7 Å². The average molecular weight is 615 g/mol. The Morgan fingerprint density at radius 3 is 1.24 bits per heavy atom. The minimum Gasteiger partial charge on any atom is -0.507 e. The molecule has 0 amide bonds. The molecule has 6 aromatic rings. The van der Waals surface area contributed by atoms with Gasteiger partial charge in [-0.05, 0) is 120 Å². The van der Waals surface area contributed by atoms with Crippen molar-refractivity contribution in [1.29, 1.82) is 0 Å². The molecule has 46 heavy (non-hydrogen) atoms. The first-order valence-corrected chi connectivity index (χ1v) is 14.8. The highest BCUT2D eigenvalue weighted by molar-refractivity contribution is 6.11. The monoisotopic (exact) mass is 614 g/mol. The van der Waals surface area contributed by atoms with Crippen molar-refractivity contribution in [2.75, 3.05) is 13.2 Å². The Morgan fingerprint density at radius 1 is 0.500 bits per heavy atom. The van der Waals surface area contributed by atoms with Crippen molar-refractivity contribution in [3.63, 3.8) is 0 Å². The third-order valence-corrected chi connectivity index (χ3v) is 7.41. The highest BCUT2D eigenvalue weighted by Gasteiger charge is 2.20. The van der Waals surface area contributed by atoms with E-state index in [1.54, 1.807) is 97.1 Å². The molecule has 0 atom stereocenters. The fourth-order valence-corrected chi connectivity index (χ4v) is 5.29. The number of phenols is 2. The van der Waals surface area contributed by atoms with Crippen LogP contribution in [-0.2, 0) is 0 Å². The molecule has 0 aromatic heterocycles. The number of hydrogen-bond acceptors (Lipinski definition) is 8. The maximum Gasteiger partial charge on any atom is 0.343 e. The summed E-state index contributed by atoms with van der Waals surface area (Å²) in [6, 6.07) is 30.0. The molecule has 0 bridgehead atoms. The molecule has 0 unspecified atom stereocenters. The first-order chi connectivity index (χ1) is 22.3. The molecular formula is C38H30O8. The van der Waals surface area contributed by atoms with E-state index in [-0.39, 0.29) is 11.5 Å². The standard InChI is InChI=1S/C38H30O8/c1-3-43-27-9-13-29(14-10-27)45-37(41)25-5-17-31-23(21-25)7-19-33(39)35(31)36-32-18-6-26(22-24(32)8-20-34(36)40)38(42)46-30-15-11-28(12-16-30)44-4-2/h5-22,39-40H,3-4H2,1-2H3. The summed E-state index contributed by atoms with van der Waals surface area (Å²) < 4.78 is 22.0. The third-order valence-electron chi connectivity index (χ3n) is 7.41. The molecule has 0 aliphatic carbocycles. The van der Waals surface area contributed by atoms with Crippen LogP contribution >= 0.6 is 0 Å². The molecule has 0 heterocycles. The highest BCUT2D eigenvalue weighted by atomic mass is 16.5. The third kappa shape index (κ3) is 6.14. The van der Waals surface area contributed by atoms with Crippen LogP contribution in [0.2, 0.25) is 0 Å². The smallest absolute Gasteiger partial charge is 0.343 e. The molecule has 230 valence electrons. The molecule has 8 nitrogen and oxygen atoms in total. The molecule has 0 spiro atoms. The van der Waals surface area contributed by atoms with Gasteiger partial charge in [-0.2, -0.15) is 0 Å². The fourth-order valence-electron chi connectivity index (χ4n) is 5.29. The number of benzene rings is 6. The van der Waals surface area contributed by atoms with Crippen LogP contribution in [0.5, 0.6) is 34.5 Å². The van der Waals surface area contributed by atoms with Crippen LogP contribution < -0.4 is 18.9 Å². The lowest BCUT2D eigenvalue weighted by molar-refractivity contribution is 0.0725. The summed E-state index contributed by atoms with van der Waals surface area (Å²) in [7, 11) is 0. The summed E-state index contributed by atoms with van der Waals surface area (Å²) in [5, 5.41) is 24.6. The fraction of sp³-hybridized carbons (Fsp3) is 0.105. The first-order valence-electron chi connectivity index (χ1n) is 14.8. The van der Waals surface area contributed by atoms with Gasteiger partial charge in [0.1, 0.15) is 34.5 Å². The van der Waals surface area contributed by atoms with E-state index in [2.05, 4.69) is 0 Å². The van der Waals surface area contributed by atoms with E-state index in [4.69, 9.17) is 18.9 Å². The molecule has 8 heteroatoms. The Balaban J connectivity index is 1.31. The topological polar surface area (TPSA) is 112 Å². The van der Waals surface area contributed by atoms with E-state index in [9.17, 15) is 19.8 Å². The number of ether oxygens (including phenoxy) is 4. The van der Waals surface area contributed by atoms with Crippen LogP contribution in [0, 0.1) is 0 Å². The zero-order valence-electron chi connectivity index (χ0n) is 25.2. The highest BCUT2D eigenvalue weighted by Crippen LogP contribution is 2.45. The Bertz CT molecular complexity index is 1910. The SMILES string of the molecule is CCOc1ccc(OC(=O)c2ccc3c(-c4c(O)ccc5cc(C(=O)Oc6ccc(OCC)cc6)ccc45)c(O)ccc3c2)cc1. The normalized spacial score (nSPS) is 10.9. The maximum atomic E-state index is 13.0. The minimum atomic E-state index is -0.543. The van der Waals surface area contributed by atoms with Gasteiger partial charge in [0.2, 0.25) is 0 Å². The number of fused-ring (bicyclic) bond motifs is 2. The van der Waals surface area contributed by atoms with Gasteiger partial charge in [-0.1, -0.05) is 24.3 Å². The molecule has 0 aliphatic rings. The van der Waals surface area contributed by atoms with Gasteiger partial charge in [0.25, 0.3) is 0 Å². The second kappa shape index (κ2) is 12.9. The second-order valence-electron chi connectivity index (χ2n) is 10.4. The minimum absolute atomic E-state index is 0.0565. The van der Waals surface area contributed by atoms with Crippen molar-refractivity contribution in [2.24, 2.45) is 0 Å². The average Bonchev–Trinajstić information content (AvgIpc) is 3.07. The van der Waals surface area contributed by atoms with Gasteiger partial charge in [-0.25, -0.2) is 9.59 Å². The summed E-state index contributed by atoms with van der Waals surface area (Å²) in [5.74, 6) is 0.913. The molecule has 6 rings (SSSR count). The van der Waals surface area contributed by atoms with Gasteiger partial charge in [0.15, 0.2) is 0 Å². The van der Waals surface area contributed by atoms with E-state index in [1.165, 1.54) is 12.1 Å². The summed E-state index contributed by atoms with van der Waals surface area (Å²) >= 11 is 0. The van der Waals surface area contributed by atoms with Crippen molar-refractivity contribution >= 4 is 33.5 Å². The van der Waals surface area contributed by atoms with Crippen molar-refractivity contribution in [1.82, 2.24) is 0 Å². The lowest BCUT2D eigenvalue weighted by Gasteiger charge is -2.15. The Hall–Kier alpha value is -6.02. The predicted octanol–water partition coefficient (Wildman–Crippen LogP) is 8.31. The molecule has 0 saturated carbocycles. The summed E-state index contributed by atoms with van der Waals surface area (Å²) in [6.45, 7) is 4.85. The number of rotatable bonds is 9. The number of aromatic hydroxyl groups is 2. The quantitative estimate of drug-likeness (QED) is 0.124. The Kier molecular flexibility index (Phi) is 8.43. The van der Waals surface area contributed by atoms with Crippen LogP contribution in [0.25, 0.3) is 32.7 Å². The zero-order chi connectivity index (χ0) is 32.2. The molecule has 0 fully saturated rings. The number of carbonyl (C=O) groups excluding carboxylic acids is 2. The largest absolute Gasteiger partial charge is 0.507 e. The molecule has 0 aliphatic heterocycles. The number of carbonyl (C=O) groups is 2. The summed E-state index contributed by atoms with van der Waals surface area (Å²) in [5.41, 5.74) is 1.40. The Labute approximate surface area is 265 Å². The van der Waals surface area contributed by atoms with Crippen molar-refractivity contribution in [2.45, 2.75) is 13.8 Å². The van der Waals surface area contributed by atoms with Gasteiger partial charge in [0, 0.05) is 11.1 Å². The van der Waals surface area contributed by atoms with E-state index >= 15 is 0 Å². The van der Waals surface area contributed by atoms with Crippen LogP contribution in [0.15, 0.2) is 109 Å². The second-order valence-corrected chi connectivity index (χ2v) is 10.4. The maximum absolute atomic E-state index is 13.0. The molecule has 0 radical (unpaired) electrons. The molecule has 6 aromatic carbocycles. The molecule has 2 N–H and O–H groups in total. The molecular weight excluding hydrogens is 584 g/mol. The lowest BCUT2D eigenvalue weighted by Crippen LogP contribution is -2.08. The predicted molar refractivity (Wildman–Crippen MR) is 175 cm³/mol.